The molecule has 3 rings (SSSR count). The minimum Gasteiger partial charge on any atom is -0.460 e. The van der Waals surface area contributed by atoms with Crippen LogP contribution in [-0.4, -0.2) is 46.0 Å². The van der Waals surface area contributed by atoms with E-state index in [9.17, 15) is 15.0 Å². The van der Waals surface area contributed by atoms with Crippen LogP contribution in [0.4, 0.5) is 0 Å². The largest absolute Gasteiger partial charge is 0.460 e. The van der Waals surface area contributed by atoms with Crippen molar-refractivity contribution in [2.45, 2.75) is 70.4 Å². The Morgan fingerprint density at radius 3 is 3.00 bits per heavy atom. The molecule has 2 N–H and O–H groups in total. The summed E-state index contributed by atoms with van der Waals surface area (Å²) in [5, 5.41) is 20.8. The molecule has 0 bridgehead atoms. The van der Waals surface area contributed by atoms with Crippen molar-refractivity contribution >= 4 is 5.97 Å². The second kappa shape index (κ2) is 11.4. The van der Waals surface area contributed by atoms with Crippen LogP contribution < -0.4 is 0 Å². The molecule has 0 amide bonds. The molecule has 7 nitrogen and oxygen atoms in total. The first-order chi connectivity index (χ1) is 14.5. The monoisotopic (exact) mass is 417 g/mol. The number of rotatable bonds is 5. The number of aromatic nitrogens is 1. The molecule has 0 saturated heterocycles. The molecule has 0 aromatic carbocycles. The highest BCUT2D eigenvalue weighted by molar-refractivity contribution is 5.82. The van der Waals surface area contributed by atoms with E-state index in [2.05, 4.69) is 17.1 Å². The number of ether oxygens (including phenoxy) is 3. The number of carbonyl (C=O) groups excluding carboxylic acids is 1. The fraction of sp³-hybridized carbons (Fsp3) is 0.565. The van der Waals surface area contributed by atoms with Crippen LogP contribution in [0.1, 0.15) is 44.6 Å². The number of esters is 1. The summed E-state index contributed by atoms with van der Waals surface area (Å²) in [7, 11) is 0. The van der Waals surface area contributed by atoms with E-state index >= 15 is 0 Å². The molecular formula is C23H31NO6. The smallest absolute Gasteiger partial charge is 0.330 e. The third-order valence-corrected chi connectivity index (χ3v) is 5.59. The molecule has 1 unspecified atom stereocenters. The third kappa shape index (κ3) is 7.02. The van der Waals surface area contributed by atoms with Gasteiger partial charge in [0.05, 0.1) is 24.9 Å². The van der Waals surface area contributed by atoms with Gasteiger partial charge in [-0.15, -0.1) is 0 Å². The summed E-state index contributed by atoms with van der Waals surface area (Å²) in [5.74, 6) is -0.455. The number of aliphatic hydroxyl groups excluding tert-OH is 2. The SMILES string of the molecule is C[C@H]1CCC/C=C/[C@@H]2C[C@H](OC(O)OCc3cccnc3)C[C@H]2[C@H](O)/C=C/C(=O)O1. The fourth-order valence-electron chi connectivity index (χ4n) is 4.04. The van der Waals surface area contributed by atoms with Crippen LogP contribution in [0, 0.1) is 11.8 Å². The van der Waals surface area contributed by atoms with E-state index < -0.39 is 18.5 Å². The first-order valence-electron chi connectivity index (χ1n) is 10.6. The minimum atomic E-state index is -1.35. The lowest BCUT2D eigenvalue weighted by Crippen LogP contribution is -2.24. The summed E-state index contributed by atoms with van der Waals surface area (Å²) in [5.41, 5.74) is 0.841. The number of hydrogen-bond donors (Lipinski definition) is 2. The second-order valence-electron chi connectivity index (χ2n) is 7.99. The van der Waals surface area contributed by atoms with Crippen LogP contribution in [0.3, 0.4) is 0 Å². The third-order valence-electron chi connectivity index (χ3n) is 5.59. The molecule has 7 heteroatoms. The Morgan fingerprint density at radius 1 is 1.33 bits per heavy atom. The summed E-state index contributed by atoms with van der Waals surface area (Å²) in [6.45, 7) is 0.720. The number of pyridine rings is 1. The van der Waals surface area contributed by atoms with E-state index in [1.165, 1.54) is 12.2 Å². The van der Waals surface area contributed by atoms with Crippen molar-refractivity contribution in [2.24, 2.45) is 11.8 Å². The molecule has 1 saturated carbocycles. The van der Waals surface area contributed by atoms with Crippen LogP contribution in [0.15, 0.2) is 48.8 Å². The number of aliphatic hydroxyl groups is 2. The van der Waals surface area contributed by atoms with E-state index in [0.29, 0.717) is 12.8 Å². The van der Waals surface area contributed by atoms with E-state index in [1.807, 2.05) is 13.0 Å². The van der Waals surface area contributed by atoms with Gasteiger partial charge in [0, 0.05) is 18.5 Å². The Hall–Kier alpha value is -2.06. The normalized spacial score (nSPS) is 33.3. The summed E-state index contributed by atoms with van der Waals surface area (Å²) < 4.78 is 16.4. The van der Waals surface area contributed by atoms with Crippen molar-refractivity contribution in [3.05, 3.63) is 54.4 Å². The predicted octanol–water partition coefficient (Wildman–Crippen LogP) is 2.87. The van der Waals surface area contributed by atoms with Gasteiger partial charge in [-0.3, -0.25) is 4.98 Å². The minimum absolute atomic E-state index is 0.0920. The molecule has 1 aliphatic carbocycles. The van der Waals surface area contributed by atoms with Gasteiger partial charge in [-0.2, -0.15) is 0 Å². The van der Waals surface area contributed by atoms with Crippen LogP contribution in [-0.2, 0) is 25.6 Å². The van der Waals surface area contributed by atoms with Crippen LogP contribution >= 0.6 is 0 Å². The molecule has 1 aliphatic heterocycles. The fourth-order valence-corrected chi connectivity index (χ4v) is 4.04. The highest BCUT2D eigenvalue weighted by Crippen LogP contribution is 2.38. The van der Waals surface area contributed by atoms with E-state index in [1.54, 1.807) is 18.5 Å². The Balaban J connectivity index is 1.58. The lowest BCUT2D eigenvalue weighted by Gasteiger charge is -2.20. The Morgan fingerprint density at radius 2 is 2.20 bits per heavy atom. The van der Waals surface area contributed by atoms with Gasteiger partial charge < -0.3 is 24.4 Å². The topological polar surface area (TPSA) is 98.1 Å². The number of allylic oxidation sites excluding steroid dienone is 2. The van der Waals surface area contributed by atoms with Crippen molar-refractivity contribution in [1.29, 1.82) is 0 Å². The first kappa shape index (κ1) is 22.6. The van der Waals surface area contributed by atoms with Crippen molar-refractivity contribution in [3.63, 3.8) is 0 Å². The van der Waals surface area contributed by atoms with Crippen molar-refractivity contribution in [1.82, 2.24) is 4.98 Å². The van der Waals surface area contributed by atoms with Gasteiger partial charge in [-0.1, -0.05) is 18.2 Å². The standard InChI is InChI=1S/C23H31NO6/c1-16-6-3-2-4-8-18-12-19(13-20(18)21(25)9-10-22(26)29-16)30-23(27)28-15-17-7-5-11-24-14-17/h4-5,7-11,14,16,18-21,23,25,27H,2-3,6,12-13,15H2,1H3/b8-4+,10-9+/t16-,18+,19-,20+,21+,23?/m0/s1. The maximum Gasteiger partial charge on any atom is 0.330 e. The summed E-state index contributed by atoms with van der Waals surface area (Å²) in [6, 6.07) is 3.66. The maximum absolute atomic E-state index is 11.9. The first-order valence-corrected chi connectivity index (χ1v) is 10.6. The zero-order valence-electron chi connectivity index (χ0n) is 17.3. The highest BCUT2D eigenvalue weighted by atomic mass is 16.8. The number of hydrogen-bond acceptors (Lipinski definition) is 7. The number of fused-ring (bicyclic) bond motifs is 1. The second-order valence-corrected chi connectivity index (χ2v) is 7.99. The Kier molecular flexibility index (Phi) is 8.57. The lowest BCUT2D eigenvalue weighted by atomic mass is 9.90. The zero-order chi connectivity index (χ0) is 21.3. The maximum atomic E-state index is 11.9. The quantitative estimate of drug-likeness (QED) is 0.432. The van der Waals surface area contributed by atoms with Gasteiger partial charge in [0.15, 0.2) is 0 Å². The molecule has 0 radical (unpaired) electrons. The average Bonchev–Trinajstić information content (AvgIpc) is 3.13. The molecular weight excluding hydrogens is 386 g/mol. The number of nitrogens with zero attached hydrogens (tertiary/aromatic N) is 1. The molecule has 164 valence electrons. The van der Waals surface area contributed by atoms with E-state index in [0.717, 1.165) is 24.8 Å². The molecule has 1 aromatic heterocycles. The zero-order valence-corrected chi connectivity index (χ0v) is 17.3. The molecule has 1 aromatic rings. The molecule has 1 fully saturated rings. The summed E-state index contributed by atoms with van der Waals surface area (Å²) in [4.78, 5) is 15.9. The van der Waals surface area contributed by atoms with Gasteiger partial charge in [0.2, 0.25) is 0 Å². The summed E-state index contributed by atoms with van der Waals surface area (Å²) >= 11 is 0. The molecule has 6 atom stereocenters. The van der Waals surface area contributed by atoms with Gasteiger partial charge in [0.1, 0.15) is 0 Å². The Labute approximate surface area is 177 Å². The van der Waals surface area contributed by atoms with Crippen LogP contribution in [0.5, 0.6) is 0 Å². The van der Waals surface area contributed by atoms with E-state index in [4.69, 9.17) is 14.2 Å². The number of carbonyl (C=O) groups is 1. The van der Waals surface area contributed by atoms with Crippen LogP contribution in [0.2, 0.25) is 0 Å². The Bertz CT molecular complexity index is 722. The average molecular weight is 418 g/mol. The molecule has 2 aliphatic rings. The van der Waals surface area contributed by atoms with Gasteiger partial charge in [-0.05, 0) is 68.6 Å². The molecule has 2 heterocycles. The van der Waals surface area contributed by atoms with Crippen molar-refractivity contribution in [2.75, 3.05) is 0 Å². The number of cyclic esters (lactones) is 1. The lowest BCUT2D eigenvalue weighted by molar-refractivity contribution is -0.286. The van der Waals surface area contributed by atoms with Crippen LogP contribution in [0.25, 0.3) is 0 Å². The van der Waals surface area contributed by atoms with E-state index in [-0.39, 0.29) is 30.7 Å². The predicted molar refractivity (Wildman–Crippen MR) is 110 cm³/mol. The summed E-state index contributed by atoms with van der Waals surface area (Å²) in [6.07, 6.45) is 13.0. The van der Waals surface area contributed by atoms with Gasteiger partial charge in [-0.25, -0.2) is 4.79 Å². The molecule has 0 spiro atoms. The van der Waals surface area contributed by atoms with Gasteiger partial charge >= 0.3 is 5.97 Å². The highest BCUT2D eigenvalue weighted by Gasteiger charge is 2.38. The van der Waals surface area contributed by atoms with Gasteiger partial charge in [0.25, 0.3) is 6.48 Å². The molecule has 30 heavy (non-hydrogen) atoms. The van der Waals surface area contributed by atoms with Crippen molar-refractivity contribution < 1.29 is 29.2 Å². The van der Waals surface area contributed by atoms with Crippen molar-refractivity contribution in [3.8, 4) is 0 Å².